The summed E-state index contributed by atoms with van der Waals surface area (Å²) >= 11 is 0. The number of nitrogens with zero attached hydrogens (tertiary/aromatic N) is 6. The second-order valence-electron chi connectivity index (χ2n) is 9.67. The van der Waals surface area contributed by atoms with Crippen LogP contribution in [0, 0.1) is 11.6 Å². The Labute approximate surface area is 249 Å². The normalized spacial score (nSPS) is 12.7. The zero-order valence-corrected chi connectivity index (χ0v) is 23.6. The molecular formula is C30H27F2N7O5. The Morgan fingerprint density at radius 3 is 2.43 bits per heavy atom. The molecule has 0 bridgehead atoms. The lowest BCUT2D eigenvalue weighted by atomic mass is 9.93. The number of rotatable bonds is 11. The SMILES string of the molecule is COc1ccc(/C=C/C(=O)Nc2ccc(-n3cnn(CC(O)(Cn4cncn4)c4ccc(F)cc4F)c3=O)cc2)cc1OC. The third-order valence-electron chi connectivity index (χ3n) is 6.72. The van der Waals surface area contributed by atoms with Crippen LogP contribution in [0.5, 0.6) is 11.5 Å². The summed E-state index contributed by atoms with van der Waals surface area (Å²) in [5.41, 5.74) is -1.26. The molecule has 44 heavy (non-hydrogen) atoms. The number of aliphatic hydroxyl groups is 1. The molecule has 3 aromatic carbocycles. The second-order valence-corrected chi connectivity index (χ2v) is 9.67. The lowest BCUT2D eigenvalue weighted by molar-refractivity contribution is -0.111. The molecule has 0 saturated carbocycles. The first kappa shape index (κ1) is 29.8. The van der Waals surface area contributed by atoms with Crippen LogP contribution in [0.15, 0.2) is 90.5 Å². The molecule has 0 saturated heterocycles. The molecule has 0 fully saturated rings. The Morgan fingerprint density at radius 1 is 0.977 bits per heavy atom. The molecule has 1 atom stereocenters. The van der Waals surface area contributed by atoms with Crippen LogP contribution in [0.2, 0.25) is 0 Å². The first-order valence-corrected chi connectivity index (χ1v) is 13.2. The second kappa shape index (κ2) is 12.7. The molecule has 5 rings (SSSR count). The van der Waals surface area contributed by atoms with Crippen molar-refractivity contribution in [1.29, 1.82) is 0 Å². The molecule has 12 nitrogen and oxygen atoms in total. The van der Waals surface area contributed by atoms with E-state index in [-0.39, 0.29) is 18.0 Å². The Bertz CT molecular complexity index is 1850. The van der Waals surface area contributed by atoms with Crippen molar-refractivity contribution in [3.8, 4) is 17.2 Å². The molecule has 0 aliphatic carbocycles. The van der Waals surface area contributed by atoms with Gasteiger partial charge in [-0.2, -0.15) is 10.2 Å². The van der Waals surface area contributed by atoms with Crippen LogP contribution in [0.4, 0.5) is 14.5 Å². The minimum absolute atomic E-state index is 0.240. The summed E-state index contributed by atoms with van der Waals surface area (Å²) in [6.45, 7) is -0.758. The van der Waals surface area contributed by atoms with Gasteiger partial charge in [-0.25, -0.2) is 32.5 Å². The fourth-order valence-corrected chi connectivity index (χ4v) is 4.56. The number of carbonyl (C=O) groups excluding carboxylic acids is 1. The van der Waals surface area contributed by atoms with Gasteiger partial charge < -0.3 is 19.9 Å². The quantitative estimate of drug-likeness (QED) is 0.220. The van der Waals surface area contributed by atoms with E-state index in [0.717, 1.165) is 22.4 Å². The fraction of sp³-hybridized carbons (Fsp3) is 0.167. The number of halogens is 2. The van der Waals surface area contributed by atoms with Crippen LogP contribution < -0.4 is 20.5 Å². The van der Waals surface area contributed by atoms with Gasteiger partial charge in [0, 0.05) is 23.4 Å². The zero-order chi connectivity index (χ0) is 31.3. The number of nitrogens with one attached hydrogen (secondary N) is 1. The minimum Gasteiger partial charge on any atom is -0.493 e. The van der Waals surface area contributed by atoms with Crippen LogP contribution in [0.1, 0.15) is 11.1 Å². The molecule has 2 N–H and O–H groups in total. The average Bonchev–Trinajstić information content (AvgIpc) is 3.65. The van der Waals surface area contributed by atoms with Crippen LogP contribution >= 0.6 is 0 Å². The number of hydrogen-bond acceptors (Lipinski definition) is 8. The smallest absolute Gasteiger partial charge is 0.350 e. The molecule has 0 aliphatic heterocycles. The Balaban J connectivity index is 1.31. The lowest BCUT2D eigenvalue weighted by Crippen LogP contribution is -2.41. The van der Waals surface area contributed by atoms with E-state index in [9.17, 15) is 23.5 Å². The Morgan fingerprint density at radius 2 is 1.75 bits per heavy atom. The topological polar surface area (TPSA) is 138 Å². The van der Waals surface area contributed by atoms with E-state index in [1.807, 2.05) is 0 Å². The highest BCUT2D eigenvalue weighted by Gasteiger charge is 2.35. The molecule has 5 aromatic rings. The highest BCUT2D eigenvalue weighted by molar-refractivity contribution is 6.02. The highest BCUT2D eigenvalue weighted by Crippen LogP contribution is 2.29. The Kier molecular flexibility index (Phi) is 8.62. The first-order valence-electron chi connectivity index (χ1n) is 13.2. The van der Waals surface area contributed by atoms with Gasteiger partial charge in [-0.05, 0) is 54.1 Å². The summed E-state index contributed by atoms with van der Waals surface area (Å²) < 4.78 is 42.3. The van der Waals surface area contributed by atoms with E-state index in [1.165, 1.54) is 48.5 Å². The summed E-state index contributed by atoms with van der Waals surface area (Å²) in [6, 6.07) is 14.4. The monoisotopic (exact) mass is 603 g/mol. The molecular weight excluding hydrogens is 576 g/mol. The number of benzene rings is 3. The fourth-order valence-electron chi connectivity index (χ4n) is 4.56. The number of carbonyl (C=O) groups is 1. The third kappa shape index (κ3) is 6.55. The molecule has 1 unspecified atom stereocenters. The average molecular weight is 604 g/mol. The maximum absolute atomic E-state index is 14.8. The molecule has 0 spiro atoms. The van der Waals surface area contributed by atoms with Crippen molar-refractivity contribution in [2.45, 2.75) is 18.7 Å². The van der Waals surface area contributed by atoms with Gasteiger partial charge >= 0.3 is 5.69 Å². The molecule has 1 amide bonds. The third-order valence-corrected chi connectivity index (χ3v) is 6.72. The van der Waals surface area contributed by atoms with Gasteiger partial charge in [-0.1, -0.05) is 12.1 Å². The lowest BCUT2D eigenvalue weighted by Gasteiger charge is -2.28. The van der Waals surface area contributed by atoms with Crippen molar-refractivity contribution < 1.29 is 28.2 Å². The summed E-state index contributed by atoms with van der Waals surface area (Å²) in [4.78, 5) is 29.6. The molecule has 226 valence electrons. The van der Waals surface area contributed by atoms with E-state index in [1.54, 1.807) is 48.5 Å². The van der Waals surface area contributed by atoms with Crippen molar-refractivity contribution in [3.05, 3.63) is 119 Å². The largest absolute Gasteiger partial charge is 0.493 e. The van der Waals surface area contributed by atoms with Crippen LogP contribution in [-0.4, -0.2) is 54.3 Å². The first-order chi connectivity index (χ1) is 21.2. The number of amides is 1. The summed E-state index contributed by atoms with van der Waals surface area (Å²) in [7, 11) is 3.06. The Hall–Kier alpha value is -5.63. The minimum atomic E-state index is -2.03. The molecule has 14 heteroatoms. The van der Waals surface area contributed by atoms with Gasteiger partial charge in [-0.3, -0.25) is 4.79 Å². The van der Waals surface area contributed by atoms with E-state index in [4.69, 9.17) is 9.47 Å². The number of ether oxygens (including phenoxy) is 2. The maximum Gasteiger partial charge on any atom is 0.350 e. The maximum atomic E-state index is 14.8. The summed E-state index contributed by atoms with van der Waals surface area (Å²) in [5, 5.41) is 22.3. The van der Waals surface area contributed by atoms with E-state index < -0.39 is 29.5 Å². The number of aromatic nitrogens is 6. The van der Waals surface area contributed by atoms with Crippen molar-refractivity contribution in [1.82, 2.24) is 29.1 Å². The van der Waals surface area contributed by atoms with Gasteiger partial charge in [0.25, 0.3) is 0 Å². The van der Waals surface area contributed by atoms with Crippen molar-refractivity contribution in [2.75, 3.05) is 19.5 Å². The van der Waals surface area contributed by atoms with Gasteiger partial charge in [0.05, 0.1) is 33.0 Å². The molecule has 2 heterocycles. The van der Waals surface area contributed by atoms with E-state index in [0.29, 0.717) is 28.9 Å². The van der Waals surface area contributed by atoms with Crippen LogP contribution in [-0.2, 0) is 23.5 Å². The summed E-state index contributed by atoms with van der Waals surface area (Å²) in [6.07, 6.45) is 6.80. The van der Waals surface area contributed by atoms with E-state index in [2.05, 4.69) is 20.5 Å². The molecule has 2 aromatic heterocycles. The number of methoxy groups -OCH3 is 2. The molecule has 0 radical (unpaired) electrons. The predicted octanol–water partition coefficient (Wildman–Crippen LogP) is 3.16. The number of anilines is 1. The van der Waals surface area contributed by atoms with Gasteiger partial charge in [0.15, 0.2) is 11.5 Å². The van der Waals surface area contributed by atoms with Crippen molar-refractivity contribution in [3.63, 3.8) is 0 Å². The van der Waals surface area contributed by atoms with E-state index >= 15 is 0 Å². The van der Waals surface area contributed by atoms with Gasteiger partial charge in [0.1, 0.15) is 36.2 Å². The number of hydrogen-bond donors (Lipinski definition) is 2. The van der Waals surface area contributed by atoms with Crippen LogP contribution in [0.3, 0.4) is 0 Å². The van der Waals surface area contributed by atoms with Crippen molar-refractivity contribution >= 4 is 17.7 Å². The predicted molar refractivity (Wildman–Crippen MR) is 155 cm³/mol. The molecule has 0 aliphatic rings. The van der Waals surface area contributed by atoms with Crippen molar-refractivity contribution in [2.24, 2.45) is 0 Å². The summed E-state index contributed by atoms with van der Waals surface area (Å²) in [5.74, 6) is -1.08. The highest BCUT2D eigenvalue weighted by atomic mass is 19.1. The van der Waals surface area contributed by atoms with Gasteiger partial charge in [-0.15, -0.1) is 0 Å². The standard InChI is InChI=1S/C30H27F2N7O5/c1-43-26-11-3-20(13-27(26)44-2)4-12-28(40)36-22-6-8-23(9-7-22)38-19-35-39(29(38)41)16-30(42,15-37-18-33-17-34-37)24-10-5-21(31)14-25(24)32/h3-14,17-19,42H,15-16H2,1-2H3,(H,36,40)/b12-4+. The van der Waals surface area contributed by atoms with Crippen LogP contribution in [0.25, 0.3) is 11.8 Å². The zero-order valence-electron chi connectivity index (χ0n) is 23.6. The van der Waals surface area contributed by atoms with Gasteiger partial charge in [0.2, 0.25) is 5.91 Å².